The summed E-state index contributed by atoms with van der Waals surface area (Å²) in [6.07, 6.45) is 0.346. The van der Waals surface area contributed by atoms with Crippen molar-refractivity contribution in [2.45, 2.75) is 24.3 Å². The number of nitrogens with zero attached hydrogens (tertiary/aromatic N) is 2. The van der Waals surface area contributed by atoms with E-state index in [2.05, 4.69) is 0 Å². The van der Waals surface area contributed by atoms with Crippen LogP contribution in [0.25, 0.3) is 0 Å². The molecule has 2 aliphatic heterocycles. The molecule has 31 heavy (non-hydrogen) atoms. The molecule has 2 saturated heterocycles. The van der Waals surface area contributed by atoms with Gasteiger partial charge in [-0.2, -0.15) is 4.31 Å². The molecule has 0 radical (unpaired) electrons. The van der Waals surface area contributed by atoms with E-state index in [0.717, 1.165) is 0 Å². The molecule has 3 rings (SSSR count). The number of sulfone groups is 1. The van der Waals surface area contributed by atoms with Crippen LogP contribution in [0.3, 0.4) is 0 Å². The molecule has 10 nitrogen and oxygen atoms in total. The Labute approximate surface area is 182 Å². The number of sulfonamides is 1. The largest absolute Gasteiger partial charge is 0.452 e. The van der Waals surface area contributed by atoms with Crippen LogP contribution in [0.2, 0.25) is 0 Å². The van der Waals surface area contributed by atoms with E-state index in [1.54, 1.807) is 6.92 Å². The van der Waals surface area contributed by atoms with Crippen molar-refractivity contribution >= 4 is 31.7 Å². The third kappa shape index (κ3) is 5.43. The molecule has 12 heteroatoms. The number of carbonyl (C=O) groups excluding carboxylic acids is 2. The van der Waals surface area contributed by atoms with E-state index in [1.807, 2.05) is 0 Å². The second kappa shape index (κ2) is 9.23. The predicted octanol–water partition coefficient (Wildman–Crippen LogP) is -0.182. The van der Waals surface area contributed by atoms with Crippen molar-refractivity contribution in [3.05, 3.63) is 29.3 Å². The Morgan fingerprint density at radius 1 is 1.26 bits per heavy atom. The molecule has 1 aromatic rings. The van der Waals surface area contributed by atoms with Crippen LogP contribution in [0.15, 0.2) is 23.1 Å². The molecule has 0 unspecified atom stereocenters. The van der Waals surface area contributed by atoms with E-state index < -0.39 is 44.4 Å². The van der Waals surface area contributed by atoms with Crippen molar-refractivity contribution in [3.8, 4) is 0 Å². The average molecular weight is 475 g/mol. The van der Waals surface area contributed by atoms with Gasteiger partial charge in [-0.05, 0) is 31.0 Å². The van der Waals surface area contributed by atoms with Gasteiger partial charge < -0.3 is 14.4 Å². The standard InChI is InChI=1S/C19H26N2O8S2/c1-14-3-4-16(31(26,27)21-6-8-28-9-7-21)11-17(14)19(23)29-12-18(22)20(2)15-5-10-30(24,25)13-15/h3-4,11,15H,5-10,12-13H2,1-2H3/t15-/m1/s1. The van der Waals surface area contributed by atoms with Crippen molar-refractivity contribution in [2.75, 3.05) is 51.5 Å². The molecule has 0 aromatic heterocycles. The van der Waals surface area contributed by atoms with Gasteiger partial charge in [0.25, 0.3) is 5.91 Å². The molecule has 1 atom stereocenters. The van der Waals surface area contributed by atoms with E-state index >= 15 is 0 Å². The van der Waals surface area contributed by atoms with E-state index in [9.17, 15) is 26.4 Å². The Morgan fingerprint density at radius 3 is 2.55 bits per heavy atom. The molecular weight excluding hydrogens is 448 g/mol. The monoisotopic (exact) mass is 474 g/mol. The molecule has 172 valence electrons. The molecule has 0 bridgehead atoms. The van der Waals surface area contributed by atoms with Gasteiger partial charge >= 0.3 is 5.97 Å². The molecule has 0 spiro atoms. The molecule has 1 aromatic carbocycles. The van der Waals surface area contributed by atoms with Crippen LogP contribution in [-0.4, -0.2) is 95.4 Å². The first kappa shape index (κ1) is 23.6. The number of esters is 1. The van der Waals surface area contributed by atoms with Crippen molar-refractivity contribution in [3.63, 3.8) is 0 Å². The maximum absolute atomic E-state index is 12.8. The highest BCUT2D eigenvalue weighted by Crippen LogP contribution is 2.21. The number of benzene rings is 1. The molecule has 2 heterocycles. The van der Waals surface area contributed by atoms with Gasteiger partial charge in [-0.15, -0.1) is 0 Å². The Bertz CT molecular complexity index is 1060. The molecule has 1 amide bonds. The Morgan fingerprint density at radius 2 is 1.94 bits per heavy atom. The van der Waals surface area contributed by atoms with Crippen LogP contribution in [0.4, 0.5) is 0 Å². The maximum atomic E-state index is 12.8. The number of aryl methyl sites for hydroxylation is 1. The highest BCUT2D eigenvalue weighted by molar-refractivity contribution is 7.91. The average Bonchev–Trinajstić information content (AvgIpc) is 3.11. The number of amides is 1. The molecule has 2 aliphatic rings. The summed E-state index contributed by atoms with van der Waals surface area (Å²) in [6.45, 7) is 2.14. The fraction of sp³-hybridized carbons (Fsp3) is 0.579. The lowest BCUT2D eigenvalue weighted by molar-refractivity contribution is -0.134. The van der Waals surface area contributed by atoms with Crippen molar-refractivity contribution < 1.29 is 35.9 Å². The number of ether oxygens (including phenoxy) is 2. The summed E-state index contributed by atoms with van der Waals surface area (Å²) in [5.74, 6) is -1.43. The number of hydrogen-bond donors (Lipinski definition) is 0. The molecular formula is C19H26N2O8S2. The number of likely N-dealkylation sites (N-methyl/N-ethyl adjacent to an activating group) is 1. The quantitative estimate of drug-likeness (QED) is 0.520. The summed E-state index contributed by atoms with van der Waals surface area (Å²) in [4.78, 5) is 26.1. The molecule has 0 N–H and O–H groups in total. The van der Waals surface area contributed by atoms with Gasteiger partial charge in [0.15, 0.2) is 16.4 Å². The van der Waals surface area contributed by atoms with Crippen molar-refractivity contribution in [2.24, 2.45) is 0 Å². The van der Waals surface area contributed by atoms with Gasteiger partial charge in [0.05, 0.1) is 35.2 Å². The first-order valence-electron chi connectivity index (χ1n) is 9.83. The second-order valence-electron chi connectivity index (χ2n) is 7.63. The van der Waals surface area contributed by atoms with E-state index in [1.165, 1.54) is 34.5 Å². The predicted molar refractivity (Wildman–Crippen MR) is 111 cm³/mol. The fourth-order valence-electron chi connectivity index (χ4n) is 3.51. The zero-order chi connectivity index (χ0) is 22.8. The van der Waals surface area contributed by atoms with Crippen LogP contribution in [0.1, 0.15) is 22.3 Å². The number of morpholine rings is 1. The van der Waals surface area contributed by atoms with Crippen LogP contribution >= 0.6 is 0 Å². The first-order chi connectivity index (χ1) is 14.5. The Balaban J connectivity index is 1.67. The number of carbonyl (C=O) groups is 2. The smallest absolute Gasteiger partial charge is 0.338 e. The molecule has 2 fully saturated rings. The van der Waals surface area contributed by atoms with Crippen LogP contribution < -0.4 is 0 Å². The highest BCUT2D eigenvalue weighted by atomic mass is 32.2. The summed E-state index contributed by atoms with van der Waals surface area (Å²) in [6, 6.07) is 3.75. The lowest BCUT2D eigenvalue weighted by Crippen LogP contribution is -2.40. The summed E-state index contributed by atoms with van der Waals surface area (Å²) in [7, 11) is -5.47. The lowest BCUT2D eigenvalue weighted by Gasteiger charge is -2.26. The minimum atomic E-state index is -3.79. The summed E-state index contributed by atoms with van der Waals surface area (Å²) < 4.78 is 60.5. The van der Waals surface area contributed by atoms with E-state index in [4.69, 9.17) is 9.47 Å². The van der Waals surface area contributed by atoms with E-state index in [0.29, 0.717) is 25.2 Å². The first-order valence-corrected chi connectivity index (χ1v) is 13.1. The van der Waals surface area contributed by atoms with Crippen LogP contribution in [-0.2, 0) is 34.1 Å². The topological polar surface area (TPSA) is 127 Å². The Kier molecular flexibility index (Phi) is 7.04. The third-order valence-corrected chi connectivity index (χ3v) is 9.16. The van der Waals surface area contributed by atoms with Gasteiger partial charge in [-0.3, -0.25) is 4.79 Å². The summed E-state index contributed by atoms with van der Waals surface area (Å²) in [5.41, 5.74) is 0.557. The zero-order valence-corrected chi connectivity index (χ0v) is 19.1. The normalized spacial score (nSPS) is 21.5. The van der Waals surface area contributed by atoms with Crippen LogP contribution in [0, 0.1) is 6.92 Å². The van der Waals surface area contributed by atoms with E-state index in [-0.39, 0.29) is 35.1 Å². The Hall–Kier alpha value is -2.02. The molecule has 0 aliphatic carbocycles. The van der Waals surface area contributed by atoms with Gasteiger partial charge in [0, 0.05) is 26.2 Å². The van der Waals surface area contributed by atoms with Gasteiger partial charge in [0.2, 0.25) is 10.0 Å². The summed E-state index contributed by atoms with van der Waals surface area (Å²) >= 11 is 0. The van der Waals surface area contributed by atoms with Crippen molar-refractivity contribution in [1.82, 2.24) is 9.21 Å². The minimum Gasteiger partial charge on any atom is -0.452 e. The highest BCUT2D eigenvalue weighted by Gasteiger charge is 2.33. The van der Waals surface area contributed by atoms with Gasteiger partial charge in [-0.1, -0.05) is 6.07 Å². The van der Waals surface area contributed by atoms with Gasteiger partial charge in [-0.25, -0.2) is 21.6 Å². The van der Waals surface area contributed by atoms with Crippen LogP contribution in [0.5, 0.6) is 0 Å². The van der Waals surface area contributed by atoms with Crippen molar-refractivity contribution in [1.29, 1.82) is 0 Å². The zero-order valence-electron chi connectivity index (χ0n) is 17.4. The molecule has 0 saturated carbocycles. The maximum Gasteiger partial charge on any atom is 0.338 e. The summed E-state index contributed by atoms with van der Waals surface area (Å²) in [5, 5.41) is 0. The minimum absolute atomic E-state index is 0.0265. The SMILES string of the molecule is Cc1ccc(S(=O)(=O)N2CCOCC2)cc1C(=O)OCC(=O)N(C)[C@@H]1CCS(=O)(=O)C1. The number of hydrogen-bond acceptors (Lipinski definition) is 8. The second-order valence-corrected chi connectivity index (χ2v) is 11.8. The number of rotatable bonds is 6. The lowest BCUT2D eigenvalue weighted by atomic mass is 10.1. The third-order valence-electron chi connectivity index (χ3n) is 5.51. The fourth-order valence-corrected chi connectivity index (χ4v) is 6.72. The van der Waals surface area contributed by atoms with Gasteiger partial charge in [0.1, 0.15) is 0 Å².